The minimum absolute atomic E-state index is 0.0102. The zero-order chi connectivity index (χ0) is 27.4. The maximum Gasteiger partial charge on any atom is 0.326 e. The average molecular weight is 555 g/mol. The number of H-pyrrole nitrogens is 1. The van der Waals surface area contributed by atoms with Gasteiger partial charge in [0.2, 0.25) is 0 Å². The maximum absolute atomic E-state index is 12.8. The van der Waals surface area contributed by atoms with E-state index in [1.807, 2.05) is 0 Å². The van der Waals surface area contributed by atoms with E-state index in [-0.39, 0.29) is 52.1 Å². The van der Waals surface area contributed by atoms with Gasteiger partial charge >= 0.3 is 5.97 Å². The van der Waals surface area contributed by atoms with Gasteiger partial charge in [-0.15, -0.1) is 0 Å². The Hall–Kier alpha value is -4.21. The summed E-state index contributed by atoms with van der Waals surface area (Å²) in [6, 6.07) is 15.2. The van der Waals surface area contributed by atoms with Crippen LogP contribution in [0.15, 0.2) is 60.7 Å². The number of para-hydroxylation sites is 1. The predicted octanol–water partition coefficient (Wildman–Crippen LogP) is 4.51. The van der Waals surface area contributed by atoms with Crippen LogP contribution < -0.4 is 16.4 Å². The van der Waals surface area contributed by atoms with E-state index in [2.05, 4.69) is 15.6 Å². The number of benzene rings is 3. The predicted molar refractivity (Wildman–Crippen MR) is 146 cm³/mol. The molecule has 0 radical (unpaired) electrons. The van der Waals surface area contributed by atoms with Crippen LogP contribution in [0.1, 0.15) is 38.4 Å². The summed E-state index contributed by atoms with van der Waals surface area (Å²) in [5, 5.41) is 25.5. The number of halogens is 2. The number of aromatic amines is 1. The third-order valence-electron chi connectivity index (χ3n) is 6.03. The first-order valence-electron chi connectivity index (χ1n) is 11.6. The molecule has 1 heterocycles. The van der Waals surface area contributed by atoms with Gasteiger partial charge in [-0.3, -0.25) is 9.59 Å². The summed E-state index contributed by atoms with van der Waals surface area (Å²) in [5.74, 6) is -2.21. The van der Waals surface area contributed by atoms with E-state index in [1.54, 1.807) is 36.4 Å². The smallest absolute Gasteiger partial charge is 0.326 e. The quantitative estimate of drug-likeness (QED) is 0.178. The Labute approximate surface area is 227 Å². The Bertz CT molecular complexity index is 1510. The fraction of sp³-hybridized carbons (Fsp3) is 0.148. The van der Waals surface area contributed by atoms with E-state index in [0.29, 0.717) is 22.0 Å². The first-order valence-corrected chi connectivity index (χ1v) is 12.3. The molecule has 1 unspecified atom stereocenters. The molecule has 0 aliphatic heterocycles. The molecule has 2 amide bonds. The van der Waals surface area contributed by atoms with E-state index >= 15 is 0 Å². The lowest BCUT2D eigenvalue weighted by Gasteiger charge is -2.16. The molecule has 0 saturated heterocycles. The molecule has 38 heavy (non-hydrogen) atoms. The first kappa shape index (κ1) is 26.8. The molecule has 0 saturated carbocycles. The number of nitrogens with two attached hydrogens (primary N) is 1. The number of hydrogen-bond acceptors (Lipinski definition) is 5. The lowest BCUT2D eigenvalue weighted by atomic mass is 10.0. The summed E-state index contributed by atoms with van der Waals surface area (Å²) in [5.41, 5.74) is 8.43. The van der Waals surface area contributed by atoms with Gasteiger partial charge in [0, 0.05) is 33.1 Å². The number of carbonyl (C=O) groups is 3. The third kappa shape index (κ3) is 6.01. The molecule has 0 fully saturated rings. The van der Waals surface area contributed by atoms with Crippen molar-refractivity contribution in [3.05, 3.63) is 93.1 Å². The van der Waals surface area contributed by atoms with E-state index in [1.165, 1.54) is 24.3 Å². The van der Waals surface area contributed by atoms with Crippen LogP contribution in [0.5, 0.6) is 5.75 Å². The number of aromatic hydroxyl groups is 1. The number of anilines is 1. The highest BCUT2D eigenvalue weighted by Gasteiger charge is 2.24. The molecule has 4 aromatic rings. The number of hydrogen-bond donors (Lipinski definition) is 6. The van der Waals surface area contributed by atoms with Crippen molar-refractivity contribution >= 4 is 57.6 Å². The molecule has 0 aliphatic rings. The van der Waals surface area contributed by atoms with Gasteiger partial charge in [-0.2, -0.15) is 0 Å². The molecule has 9 nitrogen and oxygen atoms in total. The second-order valence-corrected chi connectivity index (χ2v) is 9.45. The van der Waals surface area contributed by atoms with Crippen molar-refractivity contribution in [3.63, 3.8) is 0 Å². The van der Waals surface area contributed by atoms with Gasteiger partial charge in [-0.25, -0.2) is 4.79 Å². The molecular weight excluding hydrogens is 531 g/mol. The molecule has 1 atom stereocenters. The van der Waals surface area contributed by atoms with E-state index < -0.39 is 23.8 Å². The number of carbonyl (C=O) groups excluding carboxylic acids is 2. The van der Waals surface area contributed by atoms with Crippen molar-refractivity contribution in [2.45, 2.75) is 25.4 Å². The minimum atomic E-state index is -1.24. The monoisotopic (exact) mass is 554 g/mol. The molecule has 3 aromatic carbocycles. The Balaban J connectivity index is 1.42. The second kappa shape index (κ2) is 11.5. The Morgan fingerprint density at radius 2 is 1.68 bits per heavy atom. The van der Waals surface area contributed by atoms with E-state index in [4.69, 9.17) is 28.9 Å². The number of aliphatic carboxylic acids is 1. The van der Waals surface area contributed by atoms with Gasteiger partial charge in [0.15, 0.2) is 0 Å². The number of phenols is 1. The van der Waals surface area contributed by atoms with Crippen LogP contribution in [0.4, 0.5) is 5.69 Å². The molecule has 11 heteroatoms. The van der Waals surface area contributed by atoms with Crippen molar-refractivity contribution in [3.8, 4) is 5.75 Å². The lowest BCUT2D eigenvalue weighted by molar-refractivity contribution is -0.139. The molecule has 1 aromatic heterocycles. The number of carboxylic acids is 1. The van der Waals surface area contributed by atoms with Crippen LogP contribution in [0.3, 0.4) is 0 Å². The van der Waals surface area contributed by atoms with Gasteiger partial charge < -0.3 is 31.6 Å². The first-order chi connectivity index (χ1) is 18.1. The van der Waals surface area contributed by atoms with Crippen molar-refractivity contribution in [2.24, 2.45) is 0 Å². The lowest BCUT2D eigenvalue weighted by Crippen LogP contribution is -2.41. The molecule has 7 N–H and O–H groups in total. The normalized spacial score (nSPS) is 11.7. The van der Waals surface area contributed by atoms with Crippen LogP contribution in [0.2, 0.25) is 10.0 Å². The third-order valence-corrected chi connectivity index (χ3v) is 6.70. The number of amides is 2. The summed E-state index contributed by atoms with van der Waals surface area (Å²) >= 11 is 12.8. The Morgan fingerprint density at radius 3 is 2.34 bits per heavy atom. The number of rotatable bonds is 9. The van der Waals surface area contributed by atoms with Crippen LogP contribution >= 0.6 is 23.2 Å². The average Bonchev–Trinajstić information content (AvgIpc) is 3.22. The zero-order valence-corrected chi connectivity index (χ0v) is 21.4. The molecule has 0 bridgehead atoms. The van der Waals surface area contributed by atoms with Crippen molar-refractivity contribution in [2.75, 3.05) is 5.73 Å². The van der Waals surface area contributed by atoms with Crippen LogP contribution in [-0.2, 0) is 17.8 Å². The summed E-state index contributed by atoms with van der Waals surface area (Å²) in [7, 11) is 0. The van der Waals surface area contributed by atoms with Crippen LogP contribution in [0.25, 0.3) is 10.9 Å². The van der Waals surface area contributed by atoms with Gasteiger partial charge in [-0.1, -0.05) is 53.5 Å². The van der Waals surface area contributed by atoms with E-state index in [0.717, 1.165) is 0 Å². The fourth-order valence-electron chi connectivity index (χ4n) is 4.04. The maximum atomic E-state index is 12.8. The molecule has 4 rings (SSSR count). The zero-order valence-electron chi connectivity index (χ0n) is 19.9. The fourth-order valence-corrected chi connectivity index (χ4v) is 4.72. The highest BCUT2D eigenvalue weighted by atomic mass is 35.5. The van der Waals surface area contributed by atoms with Gasteiger partial charge in [-0.05, 0) is 54.3 Å². The summed E-state index contributed by atoms with van der Waals surface area (Å²) in [6.45, 7) is 0.186. The number of aromatic nitrogens is 1. The van der Waals surface area contributed by atoms with Gasteiger partial charge in [0.05, 0.1) is 5.69 Å². The molecular formula is C27H24Cl2N4O5. The molecule has 0 spiro atoms. The Kier molecular flexibility index (Phi) is 8.09. The number of phenolic OH excluding ortho intramolecular Hbond substituents is 1. The second-order valence-electron chi connectivity index (χ2n) is 8.63. The van der Waals surface area contributed by atoms with Crippen molar-refractivity contribution < 1.29 is 24.6 Å². The van der Waals surface area contributed by atoms with Gasteiger partial charge in [0.1, 0.15) is 17.5 Å². The Morgan fingerprint density at radius 1 is 0.974 bits per heavy atom. The standard InChI is InChI=1S/C27H24Cl2N4O5/c28-19-11-15(25(35)31-13-14-4-3-5-16(34)10-14)12-20(29)17(19)8-9-22(27(37)38)33-26(36)24-23(30)18-6-1-2-7-21(18)32-24/h1-7,10-12,22,32,34H,8-9,13,30H2,(H,31,35)(H,33,36)(H,37,38). The number of carboxylic acid groups (broad SMARTS) is 1. The number of nitrogen functional groups attached to an aromatic ring is 1. The van der Waals surface area contributed by atoms with E-state index in [9.17, 15) is 24.6 Å². The summed E-state index contributed by atoms with van der Waals surface area (Å²) in [4.78, 5) is 40.2. The highest BCUT2D eigenvalue weighted by Crippen LogP contribution is 2.29. The largest absolute Gasteiger partial charge is 0.508 e. The SMILES string of the molecule is Nc1c(C(=O)NC(CCc2c(Cl)cc(C(=O)NCc3cccc(O)c3)cc2Cl)C(=O)O)[nH]c2ccccc12. The van der Waals surface area contributed by atoms with Crippen LogP contribution in [-0.4, -0.2) is 39.0 Å². The minimum Gasteiger partial charge on any atom is -0.508 e. The van der Waals surface area contributed by atoms with Crippen LogP contribution in [0, 0.1) is 0 Å². The van der Waals surface area contributed by atoms with Crippen molar-refractivity contribution in [1.29, 1.82) is 0 Å². The molecule has 196 valence electrons. The van der Waals surface area contributed by atoms with Gasteiger partial charge in [0.25, 0.3) is 11.8 Å². The summed E-state index contributed by atoms with van der Waals surface area (Å²) < 4.78 is 0. The topological polar surface area (TPSA) is 158 Å². The summed E-state index contributed by atoms with van der Waals surface area (Å²) in [6.07, 6.45) is 0.117. The number of nitrogens with one attached hydrogen (secondary N) is 3. The van der Waals surface area contributed by atoms with Crippen molar-refractivity contribution in [1.82, 2.24) is 15.6 Å². The highest BCUT2D eigenvalue weighted by molar-refractivity contribution is 6.36. The number of fused-ring (bicyclic) bond motifs is 1. The molecule has 0 aliphatic carbocycles.